The first-order valence-corrected chi connectivity index (χ1v) is 9.84. The Kier molecular flexibility index (Phi) is 6.19. The number of carboxylic acids is 1. The van der Waals surface area contributed by atoms with Gasteiger partial charge >= 0.3 is 5.97 Å². The van der Waals surface area contributed by atoms with Gasteiger partial charge in [0.2, 0.25) is 0 Å². The fourth-order valence-electron chi connectivity index (χ4n) is 4.82. The number of carboxylic acid groups (broad SMARTS) is 1. The second-order valence-electron chi connectivity index (χ2n) is 7.99. The molecule has 2 unspecified atom stereocenters. The molecule has 5 atom stereocenters. The Morgan fingerprint density at radius 3 is 2.72 bits per heavy atom. The molecule has 4 heteroatoms. The van der Waals surface area contributed by atoms with Crippen molar-refractivity contribution in [2.75, 3.05) is 0 Å². The minimum absolute atomic E-state index is 0.0222. The summed E-state index contributed by atoms with van der Waals surface area (Å²) < 4.78 is 0. The van der Waals surface area contributed by atoms with Crippen molar-refractivity contribution in [2.45, 2.75) is 76.4 Å². The molecule has 3 aliphatic rings. The van der Waals surface area contributed by atoms with E-state index in [2.05, 4.69) is 17.9 Å². The largest absolute Gasteiger partial charge is 0.481 e. The lowest BCUT2D eigenvalue weighted by Crippen LogP contribution is -2.44. The van der Waals surface area contributed by atoms with Gasteiger partial charge in [-0.1, -0.05) is 36.3 Å². The number of aliphatic hydroxyl groups is 2. The minimum atomic E-state index is -0.734. The van der Waals surface area contributed by atoms with E-state index in [1.54, 1.807) is 0 Å². The van der Waals surface area contributed by atoms with Gasteiger partial charge in [0.25, 0.3) is 0 Å². The van der Waals surface area contributed by atoms with Crippen LogP contribution in [0.5, 0.6) is 0 Å². The number of fused-ring (bicyclic) bond motifs is 1. The van der Waals surface area contributed by atoms with E-state index in [1.807, 2.05) is 0 Å². The lowest BCUT2D eigenvalue weighted by atomic mass is 9.57. The van der Waals surface area contributed by atoms with Gasteiger partial charge < -0.3 is 15.3 Å². The van der Waals surface area contributed by atoms with Gasteiger partial charge in [-0.3, -0.25) is 4.79 Å². The third kappa shape index (κ3) is 4.46. The minimum Gasteiger partial charge on any atom is -0.481 e. The fraction of sp³-hybridized carbons (Fsp3) is 0.762. The number of hydrogen-bond acceptors (Lipinski definition) is 3. The Hall–Kier alpha value is -1.31. The maximum atomic E-state index is 10.6. The van der Waals surface area contributed by atoms with E-state index >= 15 is 0 Å². The summed E-state index contributed by atoms with van der Waals surface area (Å²) in [5.74, 6) is 6.73. The molecule has 0 aromatic rings. The summed E-state index contributed by atoms with van der Waals surface area (Å²) in [4.78, 5) is 10.6. The van der Waals surface area contributed by atoms with Crippen molar-refractivity contribution < 1.29 is 20.1 Å². The third-order valence-electron chi connectivity index (χ3n) is 6.36. The predicted octanol–water partition coefficient (Wildman–Crippen LogP) is 3.13. The summed E-state index contributed by atoms with van der Waals surface area (Å²) in [6.45, 7) is 0. The molecule has 0 aliphatic heterocycles. The molecule has 0 radical (unpaired) electrons. The Bertz CT molecular complexity index is 564. The Morgan fingerprint density at radius 1 is 1.24 bits per heavy atom. The summed E-state index contributed by atoms with van der Waals surface area (Å²) in [6, 6.07) is 0. The molecule has 3 fully saturated rings. The van der Waals surface area contributed by atoms with E-state index in [9.17, 15) is 15.0 Å². The zero-order valence-corrected chi connectivity index (χ0v) is 14.9. The predicted molar refractivity (Wildman–Crippen MR) is 95.6 cm³/mol. The maximum absolute atomic E-state index is 10.6. The molecule has 3 N–H and O–H groups in total. The standard InChI is InChI=1S/C21H30O4/c22-19(14-5-1-2-6-14)11-10-17-18-13-15(7-3-4-8-21(24)25)16(18)9-12-20(17)23/h7,14,16-20,22-23H,1-6,8-9,12-13H2,(H,24,25)/b15-7-/t16-,17?,18+,19?,20-/m1/s1. The average Bonchev–Trinajstić information content (AvgIpc) is 3.09. The SMILES string of the molecule is O=C(O)CCC/C=C1/C[C@@H]2C(C#CC(O)C3CCCC3)[C@H](O)CC[C@H]12. The van der Waals surface area contributed by atoms with E-state index in [-0.39, 0.29) is 18.4 Å². The lowest BCUT2D eigenvalue weighted by molar-refractivity contribution is -0.137. The summed E-state index contributed by atoms with van der Waals surface area (Å²) >= 11 is 0. The van der Waals surface area contributed by atoms with Gasteiger partial charge in [0, 0.05) is 6.42 Å². The molecule has 3 aliphatic carbocycles. The van der Waals surface area contributed by atoms with E-state index in [4.69, 9.17) is 5.11 Å². The molecule has 25 heavy (non-hydrogen) atoms. The van der Waals surface area contributed by atoms with Crippen molar-refractivity contribution in [3.63, 3.8) is 0 Å². The van der Waals surface area contributed by atoms with Crippen LogP contribution in [0.2, 0.25) is 0 Å². The molecule has 0 aromatic heterocycles. The fourth-order valence-corrected chi connectivity index (χ4v) is 4.82. The van der Waals surface area contributed by atoms with E-state index in [0.717, 1.165) is 38.5 Å². The topological polar surface area (TPSA) is 77.8 Å². The Labute approximate surface area is 150 Å². The maximum Gasteiger partial charge on any atom is 0.303 e. The number of unbranched alkanes of at least 4 members (excludes halogenated alkanes) is 1. The molecule has 0 heterocycles. The van der Waals surface area contributed by atoms with Gasteiger partial charge in [-0.25, -0.2) is 0 Å². The first-order chi connectivity index (χ1) is 12.1. The van der Waals surface area contributed by atoms with Crippen molar-refractivity contribution in [2.24, 2.45) is 23.7 Å². The van der Waals surface area contributed by atoms with Crippen LogP contribution >= 0.6 is 0 Å². The van der Waals surface area contributed by atoms with Crippen LogP contribution in [-0.2, 0) is 4.79 Å². The molecule has 0 bridgehead atoms. The van der Waals surface area contributed by atoms with Crippen molar-refractivity contribution in [3.8, 4) is 11.8 Å². The highest BCUT2D eigenvalue weighted by atomic mass is 16.4. The number of allylic oxidation sites excluding steroid dienone is 2. The smallest absolute Gasteiger partial charge is 0.303 e. The molecular formula is C21H30O4. The highest BCUT2D eigenvalue weighted by Gasteiger charge is 2.46. The number of rotatable bonds is 5. The number of aliphatic carboxylic acids is 1. The van der Waals surface area contributed by atoms with Gasteiger partial charge in [-0.05, 0) is 62.7 Å². The normalized spacial score (nSPS) is 34.7. The van der Waals surface area contributed by atoms with Gasteiger partial charge in [-0.2, -0.15) is 0 Å². The monoisotopic (exact) mass is 346 g/mol. The first-order valence-electron chi connectivity index (χ1n) is 9.84. The third-order valence-corrected chi connectivity index (χ3v) is 6.36. The van der Waals surface area contributed by atoms with E-state index in [0.29, 0.717) is 24.2 Å². The van der Waals surface area contributed by atoms with Crippen LogP contribution in [0.1, 0.15) is 64.2 Å². The summed E-state index contributed by atoms with van der Waals surface area (Å²) in [5.41, 5.74) is 1.42. The summed E-state index contributed by atoms with van der Waals surface area (Å²) in [7, 11) is 0. The average molecular weight is 346 g/mol. The van der Waals surface area contributed by atoms with Gasteiger partial charge in [-0.15, -0.1) is 0 Å². The Balaban J connectivity index is 1.55. The summed E-state index contributed by atoms with van der Waals surface area (Å²) in [5, 5.41) is 29.3. The molecule has 0 saturated heterocycles. The molecular weight excluding hydrogens is 316 g/mol. The summed E-state index contributed by atoms with van der Waals surface area (Å²) in [6.07, 6.45) is 10.3. The van der Waals surface area contributed by atoms with Crippen LogP contribution in [0.15, 0.2) is 11.6 Å². The zero-order valence-electron chi connectivity index (χ0n) is 14.9. The highest BCUT2D eigenvalue weighted by Crippen LogP contribution is 2.51. The number of carbonyl (C=O) groups is 1. The van der Waals surface area contributed by atoms with Crippen LogP contribution in [0.4, 0.5) is 0 Å². The highest BCUT2D eigenvalue weighted by molar-refractivity contribution is 5.66. The van der Waals surface area contributed by atoms with Crippen molar-refractivity contribution in [1.29, 1.82) is 0 Å². The van der Waals surface area contributed by atoms with Crippen LogP contribution in [-0.4, -0.2) is 33.5 Å². The van der Waals surface area contributed by atoms with Crippen molar-refractivity contribution >= 4 is 5.97 Å². The van der Waals surface area contributed by atoms with Crippen LogP contribution < -0.4 is 0 Å². The molecule has 3 saturated carbocycles. The van der Waals surface area contributed by atoms with Crippen LogP contribution in [0.25, 0.3) is 0 Å². The molecule has 0 aromatic carbocycles. The van der Waals surface area contributed by atoms with Crippen LogP contribution in [0, 0.1) is 35.5 Å². The zero-order chi connectivity index (χ0) is 17.8. The Morgan fingerprint density at radius 2 is 2.00 bits per heavy atom. The van der Waals surface area contributed by atoms with E-state index < -0.39 is 12.1 Å². The van der Waals surface area contributed by atoms with Gasteiger partial charge in [0.1, 0.15) is 6.10 Å². The number of aliphatic hydroxyl groups excluding tert-OH is 2. The second-order valence-corrected chi connectivity index (χ2v) is 7.99. The van der Waals surface area contributed by atoms with Crippen molar-refractivity contribution in [1.82, 2.24) is 0 Å². The molecule has 4 nitrogen and oxygen atoms in total. The number of hydrogen-bond donors (Lipinski definition) is 3. The van der Waals surface area contributed by atoms with Gasteiger partial charge in [0.15, 0.2) is 0 Å². The molecule has 138 valence electrons. The van der Waals surface area contributed by atoms with E-state index in [1.165, 1.54) is 18.4 Å². The first kappa shape index (κ1) is 18.5. The van der Waals surface area contributed by atoms with Crippen molar-refractivity contribution in [3.05, 3.63) is 11.6 Å². The lowest BCUT2D eigenvalue weighted by Gasteiger charge is -2.48. The second kappa shape index (κ2) is 8.38. The quantitative estimate of drug-likeness (QED) is 0.406. The van der Waals surface area contributed by atoms with Gasteiger partial charge in [0.05, 0.1) is 12.0 Å². The molecule has 0 amide bonds. The molecule has 3 rings (SSSR count). The molecule has 0 spiro atoms. The van der Waals surface area contributed by atoms with Crippen LogP contribution in [0.3, 0.4) is 0 Å².